The number of nitrogens with two attached hydrogens (primary N) is 1. The average molecular weight is 284 g/mol. The number of hydrogen-bond acceptors (Lipinski definition) is 3. The largest absolute Gasteiger partial charge is 0.370 e. The number of amides is 2. The molecule has 0 aliphatic heterocycles. The molecule has 6 heteroatoms. The summed E-state index contributed by atoms with van der Waals surface area (Å²) in [5.41, 5.74) is 6.66. The Bertz CT molecular complexity index is 463. The minimum atomic E-state index is -0.333. The molecule has 0 atom stereocenters. The lowest BCUT2D eigenvalue weighted by Gasteiger charge is -2.09. The molecular weight excluding hydrogens is 266 g/mol. The molecule has 0 aromatic heterocycles. The summed E-state index contributed by atoms with van der Waals surface area (Å²) in [4.78, 5) is 22.2. The quantitative estimate of drug-likeness (QED) is 0.662. The van der Waals surface area contributed by atoms with E-state index < -0.39 is 0 Å². The van der Waals surface area contributed by atoms with Gasteiger partial charge in [0, 0.05) is 17.1 Å². The maximum Gasteiger partial charge on any atom is 0.238 e. The molecule has 0 aliphatic carbocycles. The Hall–Kier alpha value is -1.59. The molecule has 0 aliphatic rings. The highest BCUT2D eigenvalue weighted by Gasteiger charge is 2.05. The number of rotatable bonds is 7. The zero-order valence-electron chi connectivity index (χ0n) is 10.8. The summed E-state index contributed by atoms with van der Waals surface area (Å²) in [5, 5.41) is 6.29. The molecule has 19 heavy (non-hydrogen) atoms. The number of anilines is 1. The van der Waals surface area contributed by atoms with Crippen molar-refractivity contribution in [1.82, 2.24) is 5.32 Å². The number of hydrogen-bond donors (Lipinski definition) is 3. The van der Waals surface area contributed by atoms with Gasteiger partial charge in [-0.05, 0) is 37.6 Å². The Labute approximate surface area is 117 Å². The summed E-state index contributed by atoms with van der Waals surface area (Å²) in [6.07, 6.45) is 0.945. The van der Waals surface area contributed by atoms with Crippen LogP contribution in [0.3, 0.4) is 0 Å². The van der Waals surface area contributed by atoms with Gasteiger partial charge in [-0.3, -0.25) is 9.59 Å². The summed E-state index contributed by atoms with van der Waals surface area (Å²) >= 11 is 5.86. The lowest BCUT2D eigenvalue weighted by Crippen LogP contribution is -2.29. The standard InChI is InChI=1S/C13H18ClN3O2/c1-9-4-5-10(14)7-11(9)17-13(19)8-16-6-2-3-12(15)18/h4-5,7,16H,2-3,6,8H2,1H3,(H2,15,18)(H,17,19). The van der Waals surface area contributed by atoms with Gasteiger partial charge in [-0.1, -0.05) is 17.7 Å². The van der Waals surface area contributed by atoms with E-state index in [9.17, 15) is 9.59 Å². The molecular formula is C13H18ClN3O2. The molecule has 0 bridgehead atoms. The molecule has 1 aromatic rings. The first-order valence-corrected chi connectivity index (χ1v) is 6.42. The van der Waals surface area contributed by atoms with E-state index in [1.807, 2.05) is 13.0 Å². The van der Waals surface area contributed by atoms with E-state index in [1.165, 1.54) is 0 Å². The number of halogens is 1. The van der Waals surface area contributed by atoms with E-state index in [0.717, 1.165) is 5.56 Å². The van der Waals surface area contributed by atoms with Crippen LogP contribution in [-0.2, 0) is 9.59 Å². The molecule has 4 N–H and O–H groups in total. The lowest BCUT2D eigenvalue weighted by atomic mass is 10.2. The van der Waals surface area contributed by atoms with E-state index in [0.29, 0.717) is 30.1 Å². The highest BCUT2D eigenvalue weighted by Crippen LogP contribution is 2.19. The van der Waals surface area contributed by atoms with Gasteiger partial charge < -0.3 is 16.4 Å². The van der Waals surface area contributed by atoms with Crippen LogP contribution in [-0.4, -0.2) is 24.9 Å². The van der Waals surface area contributed by atoms with Crippen molar-refractivity contribution in [3.63, 3.8) is 0 Å². The number of primary amides is 1. The molecule has 0 saturated carbocycles. The fourth-order valence-corrected chi connectivity index (χ4v) is 1.68. The topological polar surface area (TPSA) is 84.2 Å². The van der Waals surface area contributed by atoms with Gasteiger partial charge in [-0.2, -0.15) is 0 Å². The molecule has 5 nitrogen and oxygen atoms in total. The fourth-order valence-electron chi connectivity index (χ4n) is 1.51. The average Bonchev–Trinajstić information content (AvgIpc) is 2.33. The van der Waals surface area contributed by atoms with E-state index in [4.69, 9.17) is 17.3 Å². The molecule has 0 saturated heterocycles. The SMILES string of the molecule is Cc1ccc(Cl)cc1NC(=O)CNCCCC(N)=O. The van der Waals surface area contributed by atoms with Crippen molar-refractivity contribution in [1.29, 1.82) is 0 Å². The van der Waals surface area contributed by atoms with Crippen LogP contribution < -0.4 is 16.4 Å². The summed E-state index contributed by atoms with van der Waals surface area (Å²) in [5.74, 6) is -0.481. The van der Waals surface area contributed by atoms with Gasteiger partial charge in [0.2, 0.25) is 11.8 Å². The molecule has 0 radical (unpaired) electrons. The molecule has 0 spiro atoms. The van der Waals surface area contributed by atoms with Gasteiger partial charge in [0.25, 0.3) is 0 Å². The summed E-state index contributed by atoms with van der Waals surface area (Å²) < 4.78 is 0. The third kappa shape index (κ3) is 6.22. The van der Waals surface area contributed by atoms with E-state index >= 15 is 0 Å². The van der Waals surface area contributed by atoms with E-state index in [-0.39, 0.29) is 18.4 Å². The van der Waals surface area contributed by atoms with Crippen molar-refractivity contribution < 1.29 is 9.59 Å². The predicted molar refractivity (Wildman–Crippen MR) is 76.1 cm³/mol. The van der Waals surface area contributed by atoms with Gasteiger partial charge in [0.1, 0.15) is 0 Å². The molecule has 0 unspecified atom stereocenters. The summed E-state index contributed by atoms with van der Waals surface area (Å²) in [7, 11) is 0. The van der Waals surface area contributed by atoms with Crippen LogP contribution in [0.4, 0.5) is 5.69 Å². The minimum Gasteiger partial charge on any atom is -0.370 e. The summed E-state index contributed by atoms with van der Waals surface area (Å²) in [6.45, 7) is 2.65. The second-order valence-corrected chi connectivity index (χ2v) is 4.69. The smallest absolute Gasteiger partial charge is 0.238 e. The van der Waals surface area contributed by atoms with Gasteiger partial charge in [-0.25, -0.2) is 0 Å². The second-order valence-electron chi connectivity index (χ2n) is 4.25. The van der Waals surface area contributed by atoms with E-state index in [2.05, 4.69) is 10.6 Å². The van der Waals surface area contributed by atoms with Gasteiger partial charge >= 0.3 is 0 Å². The number of carbonyl (C=O) groups is 2. The van der Waals surface area contributed by atoms with Crippen molar-refractivity contribution in [2.45, 2.75) is 19.8 Å². The van der Waals surface area contributed by atoms with Crippen LogP contribution >= 0.6 is 11.6 Å². The van der Waals surface area contributed by atoms with Crippen LogP contribution in [0.5, 0.6) is 0 Å². The second kappa shape index (κ2) is 7.76. The zero-order valence-corrected chi connectivity index (χ0v) is 11.6. The highest BCUT2D eigenvalue weighted by molar-refractivity contribution is 6.31. The Balaban J connectivity index is 2.31. The molecule has 1 rings (SSSR count). The first-order chi connectivity index (χ1) is 8.99. The Morgan fingerprint density at radius 3 is 2.79 bits per heavy atom. The first-order valence-electron chi connectivity index (χ1n) is 6.04. The molecule has 1 aromatic carbocycles. The summed E-state index contributed by atoms with van der Waals surface area (Å²) in [6, 6.07) is 5.33. The fraction of sp³-hybridized carbons (Fsp3) is 0.385. The molecule has 104 valence electrons. The first kappa shape index (κ1) is 15.5. The van der Waals surface area contributed by atoms with Crippen LogP contribution in [0.2, 0.25) is 5.02 Å². The van der Waals surface area contributed by atoms with Gasteiger partial charge in [0.05, 0.1) is 6.54 Å². The third-order valence-electron chi connectivity index (χ3n) is 2.54. The van der Waals surface area contributed by atoms with E-state index in [1.54, 1.807) is 12.1 Å². The maximum atomic E-state index is 11.7. The normalized spacial score (nSPS) is 10.2. The number of carbonyl (C=O) groups excluding carboxylic acids is 2. The van der Waals surface area contributed by atoms with Gasteiger partial charge in [0.15, 0.2) is 0 Å². The Kier molecular flexibility index (Phi) is 6.32. The van der Waals surface area contributed by atoms with Gasteiger partial charge in [-0.15, -0.1) is 0 Å². The molecule has 0 heterocycles. The number of benzene rings is 1. The number of nitrogens with one attached hydrogen (secondary N) is 2. The van der Waals surface area contributed by atoms with Crippen molar-refractivity contribution in [3.8, 4) is 0 Å². The van der Waals surface area contributed by atoms with Crippen molar-refractivity contribution in [2.75, 3.05) is 18.4 Å². The lowest BCUT2D eigenvalue weighted by molar-refractivity contribution is -0.118. The minimum absolute atomic E-state index is 0.149. The van der Waals surface area contributed by atoms with Crippen molar-refractivity contribution >= 4 is 29.1 Å². The highest BCUT2D eigenvalue weighted by atomic mass is 35.5. The van der Waals surface area contributed by atoms with Crippen LogP contribution in [0.1, 0.15) is 18.4 Å². The number of aryl methyl sites for hydroxylation is 1. The van der Waals surface area contributed by atoms with Crippen molar-refractivity contribution in [3.05, 3.63) is 28.8 Å². The predicted octanol–water partition coefficient (Wildman–Crippen LogP) is 1.44. The van der Waals surface area contributed by atoms with Crippen molar-refractivity contribution in [2.24, 2.45) is 5.73 Å². The third-order valence-corrected chi connectivity index (χ3v) is 2.77. The Morgan fingerprint density at radius 1 is 1.37 bits per heavy atom. The maximum absolute atomic E-state index is 11.7. The molecule has 2 amide bonds. The molecule has 0 fully saturated rings. The van der Waals surface area contributed by atoms with Crippen LogP contribution in [0.25, 0.3) is 0 Å². The van der Waals surface area contributed by atoms with Crippen LogP contribution in [0.15, 0.2) is 18.2 Å². The monoisotopic (exact) mass is 283 g/mol. The Morgan fingerprint density at radius 2 is 2.11 bits per heavy atom. The zero-order chi connectivity index (χ0) is 14.3. The van der Waals surface area contributed by atoms with Crippen LogP contribution in [0, 0.1) is 6.92 Å².